The Morgan fingerprint density at radius 1 is 0.800 bits per heavy atom. The molecule has 126 valence electrons. The molecule has 0 saturated carbocycles. The van der Waals surface area contributed by atoms with E-state index in [1.165, 1.54) is 5.56 Å². The predicted octanol–water partition coefficient (Wildman–Crippen LogP) is 5.13. The number of carbonyl (C=O) groups excluding carboxylic acids is 1. The molecule has 3 nitrogen and oxygen atoms in total. The largest absolute Gasteiger partial charge is 0.489 e. The minimum absolute atomic E-state index is 0.117. The molecule has 0 aliphatic rings. The van der Waals surface area contributed by atoms with Crippen molar-refractivity contribution in [3.8, 4) is 5.75 Å². The number of anilines is 1. The van der Waals surface area contributed by atoms with Crippen LogP contribution in [0.2, 0.25) is 0 Å². The Balaban J connectivity index is 1.57. The van der Waals surface area contributed by atoms with Crippen LogP contribution in [0, 0.1) is 13.8 Å². The van der Waals surface area contributed by atoms with Gasteiger partial charge in [-0.15, -0.1) is 0 Å². The van der Waals surface area contributed by atoms with Crippen molar-refractivity contribution in [2.75, 3.05) is 5.32 Å². The SMILES string of the molecule is Cc1ccc(COc2ccc(NC(=O)c3ccc(C)cc3)cc2)cc1. The summed E-state index contributed by atoms with van der Waals surface area (Å²) in [6.45, 7) is 4.58. The minimum Gasteiger partial charge on any atom is -0.489 e. The zero-order chi connectivity index (χ0) is 17.6. The van der Waals surface area contributed by atoms with Gasteiger partial charge in [-0.25, -0.2) is 0 Å². The van der Waals surface area contributed by atoms with Gasteiger partial charge in [0.05, 0.1) is 0 Å². The zero-order valence-corrected chi connectivity index (χ0v) is 14.5. The summed E-state index contributed by atoms with van der Waals surface area (Å²) in [5.41, 5.74) is 4.88. The highest BCUT2D eigenvalue weighted by Gasteiger charge is 2.05. The number of nitrogens with one attached hydrogen (secondary N) is 1. The van der Waals surface area contributed by atoms with Gasteiger partial charge in [0.25, 0.3) is 5.91 Å². The predicted molar refractivity (Wildman–Crippen MR) is 101 cm³/mol. The summed E-state index contributed by atoms with van der Waals surface area (Å²) in [5.74, 6) is 0.655. The van der Waals surface area contributed by atoms with Crippen LogP contribution in [0.3, 0.4) is 0 Å². The molecule has 0 spiro atoms. The lowest BCUT2D eigenvalue weighted by Gasteiger charge is -2.09. The lowest BCUT2D eigenvalue weighted by molar-refractivity contribution is 0.102. The summed E-state index contributed by atoms with van der Waals surface area (Å²) < 4.78 is 5.78. The number of hydrogen-bond donors (Lipinski definition) is 1. The molecule has 0 aliphatic carbocycles. The molecule has 1 N–H and O–H groups in total. The minimum atomic E-state index is -0.117. The first-order valence-corrected chi connectivity index (χ1v) is 8.26. The number of carbonyl (C=O) groups is 1. The number of aryl methyl sites for hydroxylation is 2. The van der Waals surface area contributed by atoms with Gasteiger partial charge >= 0.3 is 0 Å². The lowest BCUT2D eigenvalue weighted by atomic mass is 10.1. The van der Waals surface area contributed by atoms with Crippen molar-refractivity contribution in [2.24, 2.45) is 0 Å². The fourth-order valence-corrected chi connectivity index (χ4v) is 2.39. The molecule has 0 heterocycles. The maximum atomic E-state index is 12.2. The number of rotatable bonds is 5. The summed E-state index contributed by atoms with van der Waals surface area (Å²) in [6, 6.07) is 23.2. The Kier molecular flexibility index (Phi) is 5.14. The first-order chi connectivity index (χ1) is 12.1. The van der Waals surface area contributed by atoms with E-state index in [9.17, 15) is 4.79 Å². The topological polar surface area (TPSA) is 38.3 Å². The average Bonchev–Trinajstić information content (AvgIpc) is 2.63. The van der Waals surface area contributed by atoms with Crippen LogP contribution in [0.1, 0.15) is 27.0 Å². The summed E-state index contributed by atoms with van der Waals surface area (Å²) in [7, 11) is 0. The van der Waals surface area contributed by atoms with Gasteiger partial charge in [0.15, 0.2) is 0 Å². The molecule has 1 amide bonds. The van der Waals surface area contributed by atoms with Crippen LogP contribution in [0.25, 0.3) is 0 Å². The van der Waals surface area contributed by atoms with Gasteiger partial charge in [-0.1, -0.05) is 47.5 Å². The van der Waals surface area contributed by atoms with Crippen LogP contribution in [0.4, 0.5) is 5.69 Å². The molecule has 3 rings (SSSR count). The van der Waals surface area contributed by atoms with Crippen LogP contribution < -0.4 is 10.1 Å². The van der Waals surface area contributed by atoms with Crippen molar-refractivity contribution in [2.45, 2.75) is 20.5 Å². The van der Waals surface area contributed by atoms with Crippen LogP contribution in [-0.4, -0.2) is 5.91 Å². The molecule has 0 aliphatic heterocycles. The monoisotopic (exact) mass is 331 g/mol. The fraction of sp³-hybridized carbons (Fsp3) is 0.136. The third kappa shape index (κ3) is 4.70. The van der Waals surface area contributed by atoms with Crippen molar-refractivity contribution < 1.29 is 9.53 Å². The maximum absolute atomic E-state index is 12.2. The molecule has 0 aromatic heterocycles. The van der Waals surface area contributed by atoms with E-state index in [0.29, 0.717) is 12.2 Å². The molecule has 0 bridgehead atoms. The van der Waals surface area contributed by atoms with E-state index in [0.717, 1.165) is 22.6 Å². The van der Waals surface area contributed by atoms with Crippen molar-refractivity contribution in [3.63, 3.8) is 0 Å². The van der Waals surface area contributed by atoms with E-state index in [2.05, 4.69) is 36.5 Å². The summed E-state index contributed by atoms with van der Waals surface area (Å²) in [5, 5.41) is 2.89. The highest BCUT2D eigenvalue weighted by atomic mass is 16.5. The van der Waals surface area contributed by atoms with Crippen molar-refractivity contribution >= 4 is 11.6 Å². The number of amides is 1. The Labute approximate surface area is 148 Å². The van der Waals surface area contributed by atoms with E-state index in [1.54, 1.807) is 0 Å². The molecule has 3 heteroatoms. The molecule has 0 atom stereocenters. The van der Waals surface area contributed by atoms with Crippen LogP contribution in [-0.2, 0) is 6.61 Å². The van der Waals surface area contributed by atoms with Gasteiger partial charge in [-0.05, 0) is 55.8 Å². The first kappa shape index (κ1) is 16.8. The average molecular weight is 331 g/mol. The van der Waals surface area contributed by atoms with Crippen molar-refractivity contribution in [3.05, 3.63) is 95.1 Å². The number of hydrogen-bond acceptors (Lipinski definition) is 2. The summed E-state index contributed by atoms with van der Waals surface area (Å²) >= 11 is 0. The second-order valence-corrected chi connectivity index (χ2v) is 6.12. The standard InChI is InChI=1S/C22H21NO2/c1-16-3-7-18(8-4-16)15-25-21-13-11-20(12-14-21)23-22(24)19-9-5-17(2)6-10-19/h3-14H,15H2,1-2H3,(H,23,24). The quantitative estimate of drug-likeness (QED) is 0.703. The van der Waals surface area contributed by atoms with Gasteiger partial charge in [0.1, 0.15) is 12.4 Å². The normalized spacial score (nSPS) is 10.3. The summed E-state index contributed by atoms with van der Waals surface area (Å²) in [6.07, 6.45) is 0. The summed E-state index contributed by atoms with van der Waals surface area (Å²) in [4.78, 5) is 12.2. The first-order valence-electron chi connectivity index (χ1n) is 8.26. The van der Waals surface area contributed by atoms with E-state index < -0.39 is 0 Å². The third-order valence-electron chi connectivity index (χ3n) is 3.95. The molecule has 0 unspecified atom stereocenters. The number of benzene rings is 3. The Morgan fingerprint density at radius 3 is 1.96 bits per heavy atom. The van der Waals surface area contributed by atoms with Gasteiger partial charge in [-0.2, -0.15) is 0 Å². The highest BCUT2D eigenvalue weighted by molar-refractivity contribution is 6.04. The van der Waals surface area contributed by atoms with Gasteiger partial charge in [0, 0.05) is 11.3 Å². The van der Waals surface area contributed by atoms with Gasteiger partial charge in [0.2, 0.25) is 0 Å². The van der Waals surface area contributed by atoms with Gasteiger partial charge in [-0.3, -0.25) is 4.79 Å². The highest BCUT2D eigenvalue weighted by Crippen LogP contribution is 2.18. The lowest BCUT2D eigenvalue weighted by Crippen LogP contribution is -2.11. The van der Waals surface area contributed by atoms with E-state index in [4.69, 9.17) is 4.74 Å². The molecule has 0 radical (unpaired) electrons. The molecule has 3 aromatic carbocycles. The Bertz CT molecular complexity index is 835. The Morgan fingerprint density at radius 2 is 1.36 bits per heavy atom. The van der Waals surface area contributed by atoms with Crippen molar-refractivity contribution in [1.29, 1.82) is 0 Å². The fourth-order valence-electron chi connectivity index (χ4n) is 2.39. The Hall–Kier alpha value is -3.07. The van der Waals surface area contributed by atoms with E-state index in [1.807, 2.05) is 55.5 Å². The van der Waals surface area contributed by atoms with E-state index in [-0.39, 0.29) is 5.91 Å². The second-order valence-electron chi connectivity index (χ2n) is 6.12. The smallest absolute Gasteiger partial charge is 0.255 e. The molecular weight excluding hydrogens is 310 g/mol. The number of ether oxygens (including phenoxy) is 1. The van der Waals surface area contributed by atoms with Crippen LogP contribution in [0.5, 0.6) is 5.75 Å². The zero-order valence-electron chi connectivity index (χ0n) is 14.5. The van der Waals surface area contributed by atoms with Crippen LogP contribution >= 0.6 is 0 Å². The third-order valence-corrected chi connectivity index (χ3v) is 3.95. The van der Waals surface area contributed by atoms with Crippen molar-refractivity contribution in [1.82, 2.24) is 0 Å². The molecule has 0 fully saturated rings. The van der Waals surface area contributed by atoms with E-state index >= 15 is 0 Å². The molecular formula is C22H21NO2. The van der Waals surface area contributed by atoms with Crippen LogP contribution in [0.15, 0.2) is 72.8 Å². The van der Waals surface area contributed by atoms with Gasteiger partial charge < -0.3 is 10.1 Å². The molecule has 0 saturated heterocycles. The molecule has 3 aromatic rings. The second kappa shape index (κ2) is 7.67. The maximum Gasteiger partial charge on any atom is 0.255 e. The molecule has 25 heavy (non-hydrogen) atoms.